The third kappa shape index (κ3) is 17.9. The average molecular weight is 665 g/mol. The van der Waals surface area contributed by atoms with Gasteiger partial charge in [-0.15, -0.1) is 0 Å². The summed E-state index contributed by atoms with van der Waals surface area (Å²) in [6.07, 6.45) is 6.51. The third-order valence-corrected chi connectivity index (χ3v) is 8.96. The lowest BCUT2D eigenvalue weighted by molar-refractivity contribution is -0.901. The van der Waals surface area contributed by atoms with Crippen LogP contribution in [0.4, 0.5) is 0 Å². The van der Waals surface area contributed by atoms with Gasteiger partial charge in [-0.1, -0.05) is 87.5 Å². The van der Waals surface area contributed by atoms with Gasteiger partial charge in [0.05, 0.1) is 27.1 Å². The maximum Gasteiger partial charge on any atom is 0.324 e. The lowest BCUT2D eigenvalue weighted by atomic mass is 10.1. The number of benzene rings is 1. The molecule has 10 heteroatoms. The van der Waals surface area contributed by atoms with E-state index in [1.807, 2.05) is 20.8 Å². The van der Waals surface area contributed by atoms with Gasteiger partial charge in [-0.3, -0.25) is 9.59 Å². The molecular formula is C31H54BrNO7S. The SMILES string of the molecule is CCCCCC(CC)OC(=O)CC(C(=O)OC(CC)CCCCC)S(=O)(=O)[O-].CC[N+](C)(C)Cc1ccccc1Br. The maximum atomic E-state index is 12.3. The van der Waals surface area contributed by atoms with Crippen LogP contribution in [-0.2, 0) is 35.7 Å². The van der Waals surface area contributed by atoms with Crippen LogP contribution in [0.15, 0.2) is 28.7 Å². The fourth-order valence-electron chi connectivity index (χ4n) is 4.07. The number of hydrogen-bond acceptors (Lipinski definition) is 7. The molecule has 8 nitrogen and oxygen atoms in total. The second-order valence-electron chi connectivity index (χ2n) is 11.2. The van der Waals surface area contributed by atoms with Crippen LogP contribution in [0.5, 0.6) is 0 Å². The van der Waals surface area contributed by atoms with Crippen LogP contribution >= 0.6 is 15.9 Å². The van der Waals surface area contributed by atoms with Crippen molar-refractivity contribution in [2.24, 2.45) is 0 Å². The Hall–Kier alpha value is -1.49. The molecule has 3 unspecified atom stereocenters. The zero-order chi connectivity index (χ0) is 31.5. The van der Waals surface area contributed by atoms with Gasteiger partial charge in [0, 0.05) is 10.0 Å². The minimum Gasteiger partial charge on any atom is -0.747 e. The fourth-order valence-corrected chi connectivity index (χ4v) is 5.11. The molecule has 41 heavy (non-hydrogen) atoms. The van der Waals surface area contributed by atoms with Gasteiger partial charge >= 0.3 is 11.9 Å². The number of quaternary nitrogens is 1. The van der Waals surface area contributed by atoms with Crippen molar-refractivity contribution in [3.63, 3.8) is 0 Å². The summed E-state index contributed by atoms with van der Waals surface area (Å²) in [5.41, 5.74) is 1.38. The van der Waals surface area contributed by atoms with E-state index in [1.54, 1.807) is 0 Å². The topological polar surface area (TPSA) is 110 Å². The normalized spacial score (nSPS) is 13.9. The van der Waals surface area contributed by atoms with Crippen LogP contribution in [0.3, 0.4) is 0 Å². The number of hydrogen-bond donors (Lipinski definition) is 0. The van der Waals surface area contributed by atoms with Crippen LogP contribution in [0.1, 0.15) is 111 Å². The zero-order valence-corrected chi connectivity index (χ0v) is 28.7. The Morgan fingerprint density at radius 2 is 1.39 bits per heavy atom. The fraction of sp³-hybridized carbons (Fsp3) is 0.742. The molecule has 0 heterocycles. The van der Waals surface area contributed by atoms with Gasteiger partial charge in [-0.05, 0) is 51.5 Å². The minimum atomic E-state index is -5.03. The Labute approximate surface area is 258 Å². The molecule has 0 N–H and O–H groups in total. The third-order valence-electron chi connectivity index (χ3n) is 7.13. The molecule has 0 bridgehead atoms. The van der Waals surface area contributed by atoms with Gasteiger partial charge < -0.3 is 18.5 Å². The number of nitrogens with zero attached hydrogens (tertiary/aromatic N) is 1. The Balaban J connectivity index is 0.00000102. The first-order valence-electron chi connectivity index (χ1n) is 15.1. The first kappa shape index (κ1) is 39.5. The molecular weight excluding hydrogens is 610 g/mol. The number of carbonyl (C=O) groups excluding carboxylic acids is 2. The lowest BCUT2D eigenvalue weighted by Gasteiger charge is -2.28. The largest absolute Gasteiger partial charge is 0.747 e. The van der Waals surface area contributed by atoms with E-state index in [0.29, 0.717) is 25.7 Å². The van der Waals surface area contributed by atoms with E-state index < -0.39 is 39.8 Å². The van der Waals surface area contributed by atoms with Crippen molar-refractivity contribution in [1.82, 2.24) is 0 Å². The van der Waals surface area contributed by atoms with Crippen molar-refractivity contribution >= 4 is 38.0 Å². The summed E-state index contributed by atoms with van der Waals surface area (Å²) in [6.45, 7) is 12.2. The smallest absolute Gasteiger partial charge is 0.324 e. The van der Waals surface area contributed by atoms with Gasteiger partial charge in [0.1, 0.15) is 28.9 Å². The van der Waals surface area contributed by atoms with Crippen molar-refractivity contribution < 1.29 is 36.5 Å². The van der Waals surface area contributed by atoms with E-state index in [9.17, 15) is 22.6 Å². The predicted molar refractivity (Wildman–Crippen MR) is 167 cm³/mol. The maximum absolute atomic E-state index is 12.3. The van der Waals surface area contributed by atoms with Crippen LogP contribution in [-0.4, -0.2) is 67.5 Å². The van der Waals surface area contributed by atoms with Crippen molar-refractivity contribution in [1.29, 1.82) is 0 Å². The molecule has 0 aliphatic rings. The average Bonchev–Trinajstić information content (AvgIpc) is 2.91. The Morgan fingerprint density at radius 1 is 0.878 bits per heavy atom. The van der Waals surface area contributed by atoms with Gasteiger partial charge in [-0.2, -0.15) is 0 Å². The molecule has 238 valence electrons. The van der Waals surface area contributed by atoms with Crippen molar-refractivity contribution in [2.45, 2.75) is 129 Å². The standard InChI is InChI=1S/C20H38O7S.C11H17BrN/c1-5-9-11-13-16(7-3)26-19(21)15-18(28(23,24)25)20(22)27-17(8-4)14-12-10-6-2;1-4-13(2,3)9-10-7-5-6-8-11(10)12/h16-18H,5-15H2,1-4H3,(H,23,24,25);5-8H,4,9H2,1-3H3/q;+1/p-1. The van der Waals surface area contributed by atoms with Crippen LogP contribution in [0.25, 0.3) is 0 Å². The quantitative estimate of drug-likeness (QED) is 0.0669. The highest BCUT2D eigenvalue weighted by molar-refractivity contribution is 9.10. The summed E-state index contributed by atoms with van der Waals surface area (Å²) in [5, 5.41) is -2.06. The van der Waals surface area contributed by atoms with Crippen LogP contribution in [0.2, 0.25) is 0 Å². The molecule has 0 amide bonds. The first-order valence-corrected chi connectivity index (χ1v) is 17.4. The highest BCUT2D eigenvalue weighted by Gasteiger charge is 2.32. The molecule has 0 aliphatic carbocycles. The molecule has 0 saturated heterocycles. The van der Waals surface area contributed by atoms with E-state index in [0.717, 1.165) is 56.1 Å². The Bertz CT molecular complexity index is 984. The second kappa shape index (κ2) is 21.2. The minimum absolute atomic E-state index is 0.345. The predicted octanol–water partition coefficient (Wildman–Crippen LogP) is 7.14. The molecule has 0 aliphatic heterocycles. The monoisotopic (exact) mass is 663 g/mol. The number of rotatable bonds is 19. The summed E-state index contributed by atoms with van der Waals surface area (Å²) in [5.74, 6) is -2.02. The van der Waals surface area contributed by atoms with E-state index in [-0.39, 0.29) is 6.10 Å². The van der Waals surface area contributed by atoms with E-state index in [4.69, 9.17) is 9.47 Å². The van der Waals surface area contributed by atoms with E-state index >= 15 is 0 Å². The highest BCUT2D eigenvalue weighted by Crippen LogP contribution is 2.20. The zero-order valence-electron chi connectivity index (χ0n) is 26.3. The summed E-state index contributed by atoms with van der Waals surface area (Å²) in [4.78, 5) is 24.4. The number of carbonyl (C=O) groups is 2. The molecule has 0 radical (unpaired) electrons. The van der Waals surface area contributed by atoms with Gasteiger partial charge in [0.15, 0.2) is 5.25 Å². The van der Waals surface area contributed by atoms with E-state index in [1.165, 1.54) is 10.0 Å². The molecule has 1 aromatic rings. The summed E-state index contributed by atoms with van der Waals surface area (Å²) >= 11 is 3.57. The van der Waals surface area contributed by atoms with Crippen molar-refractivity contribution in [3.05, 3.63) is 34.3 Å². The Morgan fingerprint density at radius 3 is 1.83 bits per heavy atom. The number of unbranched alkanes of at least 4 members (excludes halogenated alkanes) is 4. The molecule has 0 fully saturated rings. The van der Waals surface area contributed by atoms with Crippen molar-refractivity contribution in [3.8, 4) is 0 Å². The van der Waals surface area contributed by atoms with Crippen LogP contribution in [0, 0.1) is 0 Å². The highest BCUT2D eigenvalue weighted by atomic mass is 79.9. The summed E-state index contributed by atoms with van der Waals surface area (Å²) in [7, 11) is -0.528. The molecule has 0 aromatic heterocycles. The van der Waals surface area contributed by atoms with Crippen LogP contribution < -0.4 is 0 Å². The van der Waals surface area contributed by atoms with E-state index in [2.05, 4.69) is 68.1 Å². The molecule has 0 saturated carbocycles. The van der Waals surface area contributed by atoms with Gasteiger partial charge in [0.2, 0.25) is 0 Å². The lowest BCUT2D eigenvalue weighted by Crippen LogP contribution is -2.38. The number of esters is 2. The molecule has 1 rings (SSSR count). The number of ether oxygens (including phenoxy) is 2. The second-order valence-corrected chi connectivity index (χ2v) is 13.6. The molecule has 0 spiro atoms. The van der Waals surface area contributed by atoms with Crippen molar-refractivity contribution in [2.75, 3.05) is 20.6 Å². The summed E-state index contributed by atoms with van der Waals surface area (Å²) < 4.78 is 47.4. The molecule has 3 atom stereocenters. The molecule has 1 aromatic carbocycles. The van der Waals surface area contributed by atoms with Gasteiger partial charge in [-0.25, -0.2) is 8.42 Å². The van der Waals surface area contributed by atoms with Gasteiger partial charge in [0.25, 0.3) is 0 Å². The Kier molecular flexibility index (Phi) is 20.5. The summed E-state index contributed by atoms with van der Waals surface area (Å²) in [6, 6.07) is 8.43. The first-order chi connectivity index (χ1) is 19.2. The number of halogens is 1.